The highest BCUT2D eigenvalue weighted by Crippen LogP contribution is 2.16. The average Bonchev–Trinajstić information content (AvgIpc) is 2.95. The second kappa shape index (κ2) is 6.29. The van der Waals surface area contributed by atoms with Crippen LogP contribution in [0.15, 0.2) is 30.6 Å². The molecule has 4 N–H and O–H groups in total. The number of rotatable bonds is 5. The number of aromatic amines is 1. The highest BCUT2D eigenvalue weighted by atomic mass is 16.1. The first-order chi connectivity index (χ1) is 9.58. The molecule has 6 heteroatoms. The summed E-state index contributed by atoms with van der Waals surface area (Å²) in [7, 11) is 0. The van der Waals surface area contributed by atoms with E-state index in [1.54, 1.807) is 18.5 Å². The third-order valence-electron chi connectivity index (χ3n) is 3.15. The molecule has 0 aliphatic heterocycles. The van der Waals surface area contributed by atoms with Crippen molar-refractivity contribution < 1.29 is 4.79 Å². The van der Waals surface area contributed by atoms with Crippen LogP contribution in [0.3, 0.4) is 0 Å². The topological polar surface area (TPSA) is 96.7 Å². The normalized spacial score (nSPS) is 12.4. The van der Waals surface area contributed by atoms with E-state index in [2.05, 4.69) is 20.5 Å². The molecule has 6 nitrogen and oxygen atoms in total. The Morgan fingerprint density at radius 3 is 2.75 bits per heavy atom. The van der Waals surface area contributed by atoms with E-state index in [1.165, 1.54) is 0 Å². The Morgan fingerprint density at radius 1 is 1.40 bits per heavy atom. The summed E-state index contributed by atoms with van der Waals surface area (Å²) in [6, 6.07) is 5.34. The van der Waals surface area contributed by atoms with Crippen LogP contribution in [0.25, 0.3) is 11.3 Å². The van der Waals surface area contributed by atoms with E-state index in [-0.39, 0.29) is 11.9 Å². The Balaban J connectivity index is 2.00. The van der Waals surface area contributed by atoms with E-state index in [0.29, 0.717) is 23.9 Å². The van der Waals surface area contributed by atoms with Crippen LogP contribution in [-0.4, -0.2) is 33.7 Å². The number of H-pyrrole nitrogens is 1. The molecule has 2 rings (SSSR count). The monoisotopic (exact) mass is 273 g/mol. The number of hydrogen-bond donors (Lipinski definition) is 3. The lowest BCUT2D eigenvalue weighted by molar-refractivity contribution is 0.0944. The number of nitrogens with zero attached hydrogens (tertiary/aromatic N) is 2. The van der Waals surface area contributed by atoms with Gasteiger partial charge in [-0.1, -0.05) is 13.8 Å². The maximum absolute atomic E-state index is 12.0. The highest BCUT2D eigenvalue weighted by molar-refractivity contribution is 5.93. The van der Waals surface area contributed by atoms with Crippen LogP contribution in [-0.2, 0) is 0 Å². The third kappa shape index (κ3) is 3.42. The number of aromatic nitrogens is 3. The van der Waals surface area contributed by atoms with E-state index in [0.717, 1.165) is 5.56 Å². The molecule has 1 atom stereocenters. The van der Waals surface area contributed by atoms with Gasteiger partial charge in [0.1, 0.15) is 5.69 Å². The number of carbonyl (C=O) groups excluding carboxylic acids is 1. The van der Waals surface area contributed by atoms with Gasteiger partial charge in [-0.3, -0.25) is 14.9 Å². The molecular weight excluding hydrogens is 254 g/mol. The summed E-state index contributed by atoms with van der Waals surface area (Å²) in [5, 5.41) is 9.66. The maximum atomic E-state index is 12.0. The Morgan fingerprint density at radius 2 is 2.10 bits per heavy atom. The number of hydrogen-bond acceptors (Lipinski definition) is 4. The number of nitrogens with two attached hydrogens (primary N) is 1. The van der Waals surface area contributed by atoms with Crippen LogP contribution in [0.1, 0.15) is 24.3 Å². The van der Waals surface area contributed by atoms with Gasteiger partial charge in [-0.2, -0.15) is 5.10 Å². The largest absolute Gasteiger partial charge is 0.349 e. The second-order valence-electron chi connectivity index (χ2n) is 5.02. The van der Waals surface area contributed by atoms with E-state index >= 15 is 0 Å². The van der Waals surface area contributed by atoms with E-state index in [4.69, 9.17) is 5.73 Å². The van der Waals surface area contributed by atoms with Crippen LogP contribution >= 0.6 is 0 Å². The number of pyridine rings is 1. The van der Waals surface area contributed by atoms with Crippen LogP contribution < -0.4 is 11.1 Å². The van der Waals surface area contributed by atoms with Crippen LogP contribution in [0.2, 0.25) is 0 Å². The third-order valence-corrected chi connectivity index (χ3v) is 3.15. The summed E-state index contributed by atoms with van der Waals surface area (Å²) in [4.78, 5) is 15.9. The molecule has 0 saturated carbocycles. The van der Waals surface area contributed by atoms with Crippen molar-refractivity contribution in [2.24, 2.45) is 11.7 Å². The zero-order valence-electron chi connectivity index (χ0n) is 11.6. The smallest absolute Gasteiger partial charge is 0.269 e. The Kier molecular flexibility index (Phi) is 4.47. The molecule has 2 aromatic heterocycles. The predicted molar refractivity (Wildman–Crippen MR) is 77.0 cm³/mol. The van der Waals surface area contributed by atoms with Crippen LogP contribution in [0.4, 0.5) is 0 Å². The summed E-state index contributed by atoms with van der Waals surface area (Å²) in [6.45, 7) is 4.49. The quantitative estimate of drug-likeness (QED) is 0.762. The molecule has 0 fully saturated rings. The van der Waals surface area contributed by atoms with Gasteiger partial charge in [0.15, 0.2) is 0 Å². The van der Waals surface area contributed by atoms with Crippen molar-refractivity contribution in [1.29, 1.82) is 0 Å². The van der Waals surface area contributed by atoms with E-state index in [1.807, 2.05) is 26.0 Å². The summed E-state index contributed by atoms with van der Waals surface area (Å²) in [5.41, 5.74) is 7.94. The van der Waals surface area contributed by atoms with E-state index in [9.17, 15) is 4.79 Å². The molecule has 1 amide bonds. The molecule has 0 saturated heterocycles. The molecule has 0 aliphatic rings. The predicted octanol–water partition coefficient (Wildman–Crippen LogP) is 1.18. The summed E-state index contributed by atoms with van der Waals surface area (Å²) in [5.74, 6) is 0.123. The van der Waals surface area contributed by atoms with Crippen molar-refractivity contribution in [2.45, 2.75) is 19.9 Å². The van der Waals surface area contributed by atoms with Gasteiger partial charge in [-0.05, 0) is 24.1 Å². The minimum Gasteiger partial charge on any atom is -0.349 e. The first-order valence-corrected chi connectivity index (χ1v) is 6.57. The first kappa shape index (κ1) is 14.2. The van der Waals surface area contributed by atoms with Gasteiger partial charge in [-0.15, -0.1) is 0 Å². The number of amides is 1. The molecule has 106 valence electrons. The van der Waals surface area contributed by atoms with Crippen molar-refractivity contribution in [1.82, 2.24) is 20.5 Å². The van der Waals surface area contributed by atoms with Crippen LogP contribution in [0.5, 0.6) is 0 Å². The fourth-order valence-electron chi connectivity index (χ4n) is 1.65. The van der Waals surface area contributed by atoms with Crippen LogP contribution in [0, 0.1) is 5.92 Å². The number of nitrogens with one attached hydrogen (secondary N) is 2. The van der Waals surface area contributed by atoms with Gasteiger partial charge in [-0.25, -0.2) is 0 Å². The standard InChI is InChI=1S/C14H19N5O/c1-9(2)11(15)8-17-14(20)13-7-12(18-19-13)10-3-5-16-6-4-10/h3-7,9,11H,8,15H2,1-2H3,(H,17,20)(H,18,19). The average molecular weight is 273 g/mol. The zero-order chi connectivity index (χ0) is 14.5. The molecule has 0 bridgehead atoms. The van der Waals surface area contributed by atoms with Gasteiger partial charge >= 0.3 is 0 Å². The molecule has 0 aliphatic carbocycles. The van der Waals surface area contributed by atoms with Crippen molar-refractivity contribution in [3.05, 3.63) is 36.3 Å². The Bertz CT molecular complexity index is 564. The maximum Gasteiger partial charge on any atom is 0.269 e. The van der Waals surface area contributed by atoms with Crippen molar-refractivity contribution in [3.63, 3.8) is 0 Å². The minimum atomic E-state index is -0.200. The van der Waals surface area contributed by atoms with E-state index < -0.39 is 0 Å². The second-order valence-corrected chi connectivity index (χ2v) is 5.02. The lowest BCUT2D eigenvalue weighted by Gasteiger charge is -2.15. The Labute approximate surface area is 117 Å². The summed E-state index contributed by atoms with van der Waals surface area (Å²) < 4.78 is 0. The summed E-state index contributed by atoms with van der Waals surface area (Å²) >= 11 is 0. The minimum absolute atomic E-state index is 0.0541. The number of carbonyl (C=O) groups is 1. The molecule has 0 radical (unpaired) electrons. The molecule has 2 heterocycles. The molecule has 0 aromatic carbocycles. The molecule has 0 spiro atoms. The highest BCUT2D eigenvalue weighted by Gasteiger charge is 2.13. The summed E-state index contributed by atoms with van der Waals surface area (Å²) in [6.07, 6.45) is 3.37. The van der Waals surface area contributed by atoms with Gasteiger partial charge in [0.2, 0.25) is 0 Å². The fraction of sp³-hybridized carbons (Fsp3) is 0.357. The SMILES string of the molecule is CC(C)C(N)CNC(=O)c1cc(-c2ccncc2)n[nH]1. The Hall–Kier alpha value is -2.21. The molecular formula is C14H19N5O. The van der Waals surface area contributed by atoms with Crippen molar-refractivity contribution in [2.75, 3.05) is 6.54 Å². The lowest BCUT2D eigenvalue weighted by Crippen LogP contribution is -2.40. The van der Waals surface area contributed by atoms with Gasteiger partial charge in [0.05, 0.1) is 5.69 Å². The lowest BCUT2D eigenvalue weighted by atomic mass is 10.1. The van der Waals surface area contributed by atoms with Crippen molar-refractivity contribution >= 4 is 5.91 Å². The fourth-order valence-corrected chi connectivity index (χ4v) is 1.65. The first-order valence-electron chi connectivity index (χ1n) is 6.57. The molecule has 20 heavy (non-hydrogen) atoms. The van der Waals surface area contributed by atoms with Gasteiger partial charge < -0.3 is 11.1 Å². The van der Waals surface area contributed by atoms with Gasteiger partial charge in [0.25, 0.3) is 5.91 Å². The van der Waals surface area contributed by atoms with Crippen molar-refractivity contribution in [3.8, 4) is 11.3 Å². The van der Waals surface area contributed by atoms with Gasteiger partial charge in [0, 0.05) is 30.5 Å². The molecule has 1 unspecified atom stereocenters. The molecule has 2 aromatic rings. The zero-order valence-corrected chi connectivity index (χ0v) is 11.6.